The summed E-state index contributed by atoms with van der Waals surface area (Å²) in [7, 11) is 0. The molecule has 1 N–H and O–H groups in total. The molecule has 22 heavy (non-hydrogen) atoms. The van der Waals surface area contributed by atoms with Crippen molar-refractivity contribution in [3.8, 4) is 0 Å². The topological polar surface area (TPSA) is 76.4 Å². The molecule has 0 radical (unpaired) electrons. The molecule has 0 bridgehead atoms. The van der Waals surface area contributed by atoms with Crippen LogP contribution in [0.4, 0.5) is 0 Å². The molecule has 5 heteroatoms. The molecule has 1 aromatic heterocycles. The van der Waals surface area contributed by atoms with Crippen LogP contribution in [0.1, 0.15) is 6.42 Å². The molecule has 0 aliphatic heterocycles. The first-order valence-electron chi connectivity index (χ1n) is 6.86. The second-order valence-corrected chi connectivity index (χ2v) is 4.99. The average molecular weight is 295 g/mol. The van der Waals surface area contributed by atoms with E-state index in [1.807, 2.05) is 0 Å². The van der Waals surface area contributed by atoms with Gasteiger partial charge in [0, 0.05) is 17.3 Å². The van der Waals surface area contributed by atoms with E-state index in [1.165, 1.54) is 4.57 Å². The van der Waals surface area contributed by atoms with Crippen molar-refractivity contribution < 1.29 is 9.90 Å². The molecular weight excluding hydrogens is 282 g/mol. The summed E-state index contributed by atoms with van der Waals surface area (Å²) in [4.78, 5) is 36.3. The molecule has 0 saturated heterocycles. The lowest BCUT2D eigenvalue weighted by molar-refractivity contribution is -0.137. The van der Waals surface area contributed by atoms with Crippen LogP contribution < -0.4 is 11.0 Å². The number of fused-ring (bicyclic) bond motifs is 2. The minimum Gasteiger partial charge on any atom is -0.481 e. The summed E-state index contributed by atoms with van der Waals surface area (Å²) < 4.78 is 1.37. The molecule has 2 aromatic carbocycles. The molecule has 0 amide bonds. The third kappa shape index (κ3) is 2.26. The van der Waals surface area contributed by atoms with E-state index in [9.17, 15) is 14.4 Å². The SMILES string of the molecule is O=C(O)CCn1c(=O)c2ccccc2c(=O)c2ccccc21. The van der Waals surface area contributed by atoms with E-state index in [0.29, 0.717) is 21.7 Å². The lowest BCUT2D eigenvalue weighted by atomic mass is 10.1. The molecule has 3 aromatic rings. The van der Waals surface area contributed by atoms with Crippen molar-refractivity contribution in [1.82, 2.24) is 4.57 Å². The number of carbonyl (C=O) groups is 1. The Morgan fingerprint density at radius 1 is 0.909 bits per heavy atom. The average Bonchev–Trinajstić information content (AvgIpc) is 2.62. The lowest BCUT2D eigenvalue weighted by Gasteiger charge is -2.04. The highest BCUT2D eigenvalue weighted by molar-refractivity contribution is 5.90. The van der Waals surface area contributed by atoms with E-state index in [0.717, 1.165) is 0 Å². The van der Waals surface area contributed by atoms with Gasteiger partial charge in [0.25, 0.3) is 5.56 Å². The van der Waals surface area contributed by atoms with Crippen LogP contribution in [0.3, 0.4) is 0 Å². The minimum absolute atomic E-state index is 0.0206. The van der Waals surface area contributed by atoms with Crippen LogP contribution in [-0.2, 0) is 11.3 Å². The van der Waals surface area contributed by atoms with Crippen molar-refractivity contribution in [2.45, 2.75) is 13.0 Å². The Kier molecular flexibility index (Phi) is 3.47. The Morgan fingerprint density at radius 2 is 1.50 bits per heavy atom. The molecule has 0 atom stereocenters. The zero-order chi connectivity index (χ0) is 15.7. The lowest BCUT2D eigenvalue weighted by Crippen LogP contribution is -2.20. The van der Waals surface area contributed by atoms with Gasteiger partial charge in [0.15, 0.2) is 5.43 Å². The minimum atomic E-state index is -0.992. The molecule has 0 aliphatic rings. The Hall–Kier alpha value is -2.95. The smallest absolute Gasteiger partial charge is 0.305 e. The van der Waals surface area contributed by atoms with Gasteiger partial charge in [-0.15, -0.1) is 0 Å². The van der Waals surface area contributed by atoms with Crippen molar-refractivity contribution in [3.63, 3.8) is 0 Å². The van der Waals surface area contributed by atoms with Gasteiger partial charge >= 0.3 is 5.97 Å². The summed E-state index contributed by atoms with van der Waals surface area (Å²) >= 11 is 0. The van der Waals surface area contributed by atoms with E-state index in [2.05, 4.69) is 0 Å². The third-order valence-corrected chi connectivity index (χ3v) is 3.64. The first-order chi connectivity index (χ1) is 10.6. The van der Waals surface area contributed by atoms with E-state index in [1.54, 1.807) is 48.5 Å². The van der Waals surface area contributed by atoms with Crippen LogP contribution in [0.2, 0.25) is 0 Å². The van der Waals surface area contributed by atoms with Crippen molar-refractivity contribution in [2.24, 2.45) is 0 Å². The summed E-state index contributed by atoms with van der Waals surface area (Å²) in [6.07, 6.45) is -0.184. The Labute approximate surface area is 125 Å². The monoisotopic (exact) mass is 295 g/mol. The fourth-order valence-electron chi connectivity index (χ4n) is 2.60. The van der Waals surface area contributed by atoms with E-state index in [-0.39, 0.29) is 24.0 Å². The molecule has 1 heterocycles. The quantitative estimate of drug-likeness (QED) is 0.801. The van der Waals surface area contributed by atoms with Crippen LogP contribution in [-0.4, -0.2) is 15.6 Å². The molecule has 3 rings (SSSR count). The maximum Gasteiger partial charge on any atom is 0.305 e. The van der Waals surface area contributed by atoms with E-state index < -0.39 is 5.97 Å². The highest BCUT2D eigenvalue weighted by Crippen LogP contribution is 2.12. The molecule has 5 nitrogen and oxygen atoms in total. The van der Waals surface area contributed by atoms with E-state index in [4.69, 9.17) is 5.11 Å². The number of carboxylic acids is 1. The highest BCUT2D eigenvalue weighted by atomic mass is 16.4. The summed E-state index contributed by atoms with van der Waals surface area (Å²) in [6.45, 7) is 0.0206. The predicted octanol–water partition coefficient (Wildman–Crippen LogP) is 1.99. The van der Waals surface area contributed by atoms with Crippen LogP contribution in [0.25, 0.3) is 21.7 Å². The van der Waals surface area contributed by atoms with Gasteiger partial charge in [0.1, 0.15) is 0 Å². The second-order valence-electron chi connectivity index (χ2n) is 4.99. The Morgan fingerprint density at radius 3 is 2.18 bits per heavy atom. The van der Waals surface area contributed by atoms with Crippen LogP contribution in [0.5, 0.6) is 0 Å². The standard InChI is InChI=1S/C17H13NO4/c19-15(20)9-10-18-14-8-4-3-7-13(14)16(21)11-5-1-2-6-12(11)17(18)22/h1-8H,9-10H2,(H,19,20). The first-order valence-corrected chi connectivity index (χ1v) is 6.86. The van der Waals surface area contributed by atoms with Gasteiger partial charge < -0.3 is 9.67 Å². The van der Waals surface area contributed by atoms with Gasteiger partial charge in [0.05, 0.1) is 17.3 Å². The molecule has 0 aliphatic carbocycles. The Balaban J connectivity index is 2.53. The van der Waals surface area contributed by atoms with Crippen molar-refractivity contribution in [2.75, 3.05) is 0 Å². The molecule has 0 unspecified atom stereocenters. The zero-order valence-corrected chi connectivity index (χ0v) is 11.7. The highest BCUT2D eigenvalue weighted by Gasteiger charge is 2.11. The van der Waals surface area contributed by atoms with Crippen LogP contribution >= 0.6 is 0 Å². The number of nitrogens with zero attached hydrogens (tertiary/aromatic N) is 1. The summed E-state index contributed by atoms with van der Waals surface area (Å²) in [5.74, 6) is -0.992. The number of aryl methyl sites for hydroxylation is 1. The largest absolute Gasteiger partial charge is 0.481 e. The summed E-state index contributed by atoms with van der Waals surface area (Å²) in [6, 6.07) is 13.4. The zero-order valence-electron chi connectivity index (χ0n) is 11.7. The maximum absolute atomic E-state index is 12.7. The van der Waals surface area contributed by atoms with Crippen molar-refractivity contribution in [3.05, 3.63) is 69.1 Å². The van der Waals surface area contributed by atoms with Gasteiger partial charge in [0.2, 0.25) is 0 Å². The number of rotatable bonds is 3. The number of benzene rings is 2. The molecule has 0 saturated carbocycles. The molecule has 0 spiro atoms. The van der Waals surface area contributed by atoms with Gasteiger partial charge in [-0.3, -0.25) is 14.4 Å². The van der Waals surface area contributed by atoms with E-state index >= 15 is 0 Å². The number of carboxylic acid groups (broad SMARTS) is 1. The third-order valence-electron chi connectivity index (χ3n) is 3.64. The van der Waals surface area contributed by atoms with Gasteiger partial charge in [-0.25, -0.2) is 0 Å². The van der Waals surface area contributed by atoms with Crippen molar-refractivity contribution in [1.29, 1.82) is 0 Å². The fraction of sp³-hybridized carbons (Fsp3) is 0.118. The van der Waals surface area contributed by atoms with Crippen molar-refractivity contribution >= 4 is 27.6 Å². The fourth-order valence-corrected chi connectivity index (χ4v) is 2.60. The number of hydrogen-bond acceptors (Lipinski definition) is 3. The predicted molar refractivity (Wildman–Crippen MR) is 84.2 cm³/mol. The number of para-hydroxylation sites is 1. The first kappa shape index (κ1) is 14.0. The van der Waals surface area contributed by atoms with Gasteiger partial charge in [-0.1, -0.05) is 30.3 Å². The molecular formula is C17H13NO4. The normalized spacial score (nSPS) is 10.9. The number of hydrogen-bond donors (Lipinski definition) is 1. The maximum atomic E-state index is 12.7. The van der Waals surface area contributed by atoms with Crippen LogP contribution in [0, 0.1) is 0 Å². The van der Waals surface area contributed by atoms with Gasteiger partial charge in [-0.05, 0) is 18.2 Å². The number of aromatic nitrogens is 1. The Bertz CT molecular complexity index is 1000. The summed E-state index contributed by atoms with van der Waals surface area (Å²) in [5, 5.41) is 9.94. The van der Waals surface area contributed by atoms with Crippen LogP contribution in [0.15, 0.2) is 58.1 Å². The summed E-state index contributed by atoms with van der Waals surface area (Å²) in [5.41, 5.74) is -0.123. The van der Waals surface area contributed by atoms with Gasteiger partial charge in [-0.2, -0.15) is 0 Å². The molecule has 0 fully saturated rings. The molecule has 110 valence electrons. The number of aliphatic carboxylic acids is 1. The second kappa shape index (κ2) is 5.44.